The van der Waals surface area contributed by atoms with Gasteiger partial charge in [0, 0.05) is 67.7 Å². The summed E-state index contributed by atoms with van der Waals surface area (Å²) < 4.78 is 2.38. The molecule has 2 aliphatic heterocycles. The Balaban J connectivity index is 1.08. The molecule has 278 valence electrons. The normalized spacial score (nSPS) is 13.9. The topological polar surface area (TPSA) is 14.7 Å². The Morgan fingerprint density at radius 1 is 0.424 bits per heavy atom. The summed E-state index contributed by atoms with van der Waals surface area (Å²) in [5.41, 5.74) is 18.1. The van der Waals surface area contributed by atoms with Crippen molar-refractivity contribution in [1.29, 1.82) is 0 Å². The average Bonchev–Trinajstić information content (AvgIpc) is 3.64. The first-order valence-electron chi connectivity index (χ1n) is 20.6. The highest BCUT2D eigenvalue weighted by atomic mass is 15.2. The van der Waals surface area contributed by atoms with Crippen molar-refractivity contribution in [1.82, 2.24) is 4.57 Å². The van der Waals surface area contributed by atoms with Crippen LogP contribution in [-0.4, -0.2) is 11.3 Å². The van der Waals surface area contributed by atoms with E-state index in [1.54, 1.807) is 0 Å². The zero-order valence-corrected chi connectivity index (χ0v) is 32.5. The van der Waals surface area contributed by atoms with Crippen LogP contribution in [0.25, 0.3) is 27.5 Å². The summed E-state index contributed by atoms with van der Waals surface area (Å²) in [5.74, 6) is 0. The lowest BCUT2D eigenvalue weighted by atomic mass is 9.33. The zero-order chi connectivity index (χ0) is 38.9. The molecule has 4 nitrogen and oxygen atoms in total. The van der Waals surface area contributed by atoms with E-state index in [1.807, 2.05) is 0 Å². The second-order valence-electron chi connectivity index (χ2n) is 15.6. The number of rotatable bonds is 6. The molecule has 0 atom stereocenters. The van der Waals surface area contributed by atoms with E-state index in [0.717, 1.165) is 41.3 Å². The van der Waals surface area contributed by atoms with Gasteiger partial charge in [0.05, 0.1) is 11.0 Å². The number of hydrogen-bond donors (Lipinski definition) is 0. The molecule has 9 aromatic rings. The standard InChI is InChI=1S/C54H39BN4/c1-5-18-38(19-6-1)56(42-33-35-49-45(36-42)44-26-13-15-28-48(44)57(49)39-20-7-2-8-21-39)43-32-34-47-53(37-43)59(41-24-11-4-12-25-41)52-31-17-30-51-54(52)55(47)46-27-14-16-29-50(46)58(51)40-22-9-3-10-23-40/h1-2,4-9,11-37H,3,10H2. The molecule has 0 bridgehead atoms. The first kappa shape index (κ1) is 33.6. The number of benzene rings is 8. The molecule has 1 aromatic heterocycles. The predicted molar refractivity (Wildman–Crippen MR) is 250 cm³/mol. The molecule has 3 heterocycles. The molecule has 8 aromatic carbocycles. The summed E-state index contributed by atoms with van der Waals surface area (Å²) in [6.07, 6.45) is 9.13. The molecule has 0 N–H and O–H groups in total. The Morgan fingerprint density at radius 3 is 1.85 bits per heavy atom. The summed E-state index contributed by atoms with van der Waals surface area (Å²) in [7, 11) is 0. The zero-order valence-electron chi connectivity index (χ0n) is 32.5. The maximum absolute atomic E-state index is 2.49. The lowest BCUT2D eigenvalue weighted by molar-refractivity contribution is 0.998. The van der Waals surface area contributed by atoms with E-state index < -0.39 is 0 Å². The van der Waals surface area contributed by atoms with Crippen molar-refractivity contribution in [2.75, 3.05) is 14.7 Å². The smallest absolute Gasteiger partial charge is 0.252 e. The van der Waals surface area contributed by atoms with Crippen molar-refractivity contribution >= 4 is 90.4 Å². The predicted octanol–water partition coefficient (Wildman–Crippen LogP) is 12.2. The fraction of sp³-hybridized carbons (Fsp3) is 0.0370. The van der Waals surface area contributed by atoms with Crippen LogP contribution in [0, 0.1) is 0 Å². The Hall–Kier alpha value is -7.50. The van der Waals surface area contributed by atoms with Gasteiger partial charge in [-0.1, -0.05) is 115 Å². The Kier molecular flexibility index (Phi) is 7.73. The SMILES string of the molecule is C1=CC(N2c3ccccc3B3c4ccc(N(c5ccccc5)c5ccc6c(c5)c5ccccc5n6-c5ccccc5)cc4N(c4ccccc4)c4cccc2c43)=CCC1. The summed E-state index contributed by atoms with van der Waals surface area (Å²) in [4.78, 5) is 7.40. The molecule has 12 rings (SSSR count). The average molecular weight is 755 g/mol. The lowest BCUT2D eigenvalue weighted by Gasteiger charge is -2.44. The van der Waals surface area contributed by atoms with Crippen molar-refractivity contribution in [2.45, 2.75) is 12.8 Å². The third kappa shape index (κ3) is 5.25. The largest absolute Gasteiger partial charge is 0.312 e. The molecule has 0 saturated carbocycles. The number of aromatic nitrogens is 1. The van der Waals surface area contributed by atoms with Crippen molar-refractivity contribution in [3.63, 3.8) is 0 Å². The minimum absolute atomic E-state index is 0.0662. The van der Waals surface area contributed by atoms with Gasteiger partial charge in [-0.3, -0.25) is 0 Å². The van der Waals surface area contributed by atoms with E-state index in [2.05, 4.69) is 232 Å². The minimum Gasteiger partial charge on any atom is -0.312 e. The van der Waals surface area contributed by atoms with Gasteiger partial charge in [0.1, 0.15) is 0 Å². The molecule has 59 heavy (non-hydrogen) atoms. The monoisotopic (exact) mass is 754 g/mol. The summed E-state index contributed by atoms with van der Waals surface area (Å²) in [6, 6.07) is 71.1. The summed E-state index contributed by atoms with van der Waals surface area (Å²) >= 11 is 0. The number of allylic oxidation sites excluding steroid dienone is 3. The van der Waals surface area contributed by atoms with Gasteiger partial charge in [-0.25, -0.2) is 0 Å². The number of nitrogens with zero attached hydrogens (tertiary/aromatic N) is 4. The van der Waals surface area contributed by atoms with Crippen molar-refractivity contribution in [3.05, 3.63) is 218 Å². The van der Waals surface area contributed by atoms with Crippen LogP contribution in [0.4, 0.5) is 45.5 Å². The van der Waals surface area contributed by atoms with E-state index >= 15 is 0 Å². The fourth-order valence-corrected chi connectivity index (χ4v) is 9.89. The van der Waals surface area contributed by atoms with E-state index in [4.69, 9.17) is 0 Å². The molecule has 0 radical (unpaired) electrons. The number of anilines is 8. The van der Waals surface area contributed by atoms with Crippen LogP contribution in [0.15, 0.2) is 218 Å². The van der Waals surface area contributed by atoms with Gasteiger partial charge < -0.3 is 19.3 Å². The quantitative estimate of drug-likeness (QED) is 0.157. The van der Waals surface area contributed by atoms with Gasteiger partial charge in [0.2, 0.25) is 0 Å². The van der Waals surface area contributed by atoms with E-state index in [0.29, 0.717) is 0 Å². The van der Waals surface area contributed by atoms with Crippen LogP contribution in [0.3, 0.4) is 0 Å². The molecular weight excluding hydrogens is 715 g/mol. The maximum atomic E-state index is 2.49. The summed E-state index contributed by atoms with van der Waals surface area (Å²) in [6.45, 7) is 0.0662. The van der Waals surface area contributed by atoms with E-state index in [1.165, 1.54) is 66.6 Å². The van der Waals surface area contributed by atoms with Gasteiger partial charge in [0.15, 0.2) is 0 Å². The molecule has 1 aliphatic carbocycles. The Bertz CT molecular complexity index is 3130. The first-order valence-corrected chi connectivity index (χ1v) is 20.6. The van der Waals surface area contributed by atoms with Crippen molar-refractivity contribution < 1.29 is 0 Å². The molecule has 0 amide bonds. The Labute approximate surface area is 344 Å². The van der Waals surface area contributed by atoms with Crippen LogP contribution < -0.4 is 31.1 Å². The third-order valence-corrected chi connectivity index (χ3v) is 12.3. The lowest BCUT2D eigenvalue weighted by Crippen LogP contribution is -2.61. The van der Waals surface area contributed by atoms with Crippen LogP contribution in [-0.2, 0) is 0 Å². The molecule has 5 heteroatoms. The first-order chi connectivity index (χ1) is 29.3. The molecular formula is C54H39BN4. The third-order valence-electron chi connectivity index (χ3n) is 12.3. The van der Waals surface area contributed by atoms with Crippen molar-refractivity contribution in [2.24, 2.45) is 0 Å². The minimum atomic E-state index is 0.0662. The fourth-order valence-electron chi connectivity index (χ4n) is 9.89. The van der Waals surface area contributed by atoms with Crippen LogP contribution in [0.2, 0.25) is 0 Å². The number of hydrogen-bond acceptors (Lipinski definition) is 3. The summed E-state index contributed by atoms with van der Waals surface area (Å²) in [5, 5.41) is 2.46. The van der Waals surface area contributed by atoms with Crippen LogP contribution >= 0.6 is 0 Å². The maximum Gasteiger partial charge on any atom is 0.252 e. The van der Waals surface area contributed by atoms with Gasteiger partial charge in [-0.15, -0.1) is 0 Å². The molecule has 0 saturated heterocycles. The number of para-hydroxylation sites is 5. The Morgan fingerprint density at radius 2 is 1.05 bits per heavy atom. The molecule has 0 fully saturated rings. The highest BCUT2D eigenvalue weighted by Crippen LogP contribution is 2.46. The highest BCUT2D eigenvalue weighted by molar-refractivity contribution is 7.00. The van der Waals surface area contributed by atoms with E-state index in [9.17, 15) is 0 Å². The van der Waals surface area contributed by atoms with Crippen molar-refractivity contribution in [3.8, 4) is 5.69 Å². The second-order valence-corrected chi connectivity index (χ2v) is 15.6. The molecule has 0 spiro atoms. The van der Waals surface area contributed by atoms with Gasteiger partial charge in [-0.2, -0.15) is 0 Å². The van der Waals surface area contributed by atoms with Gasteiger partial charge in [0.25, 0.3) is 6.71 Å². The van der Waals surface area contributed by atoms with Gasteiger partial charge >= 0.3 is 0 Å². The van der Waals surface area contributed by atoms with Crippen LogP contribution in [0.1, 0.15) is 12.8 Å². The number of fused-ring (bicyclic) bond motifs is 7. The molecule has 0 unspecified atom stereocenters. The van der Waals surface area contributed by atoms with Gasteiger partial charge in [-0.05, 0) is 126 Å². The second kappa shape index (κ2) is 13.6. The van der Waals surface area contributed by atoms with E-state index in [-0.39, 0.29) is 6.71 Å². The highest BCUT2D eigenvalue weighted by Gasteiger charge is 2.43. The van der Waals surface area contributed by atoms with Crippen LogP contribution in [0.5, 0.6) is 0 Å². The molecule has 3 aliphatic rings.